The van der Waals surface area contributed by atoms with Gasteiger partial charge in [-0.3, -0.25) is 0 Å². The molecule has 1 aromatic heterocycles. The van der Waals surface area contributed by atoms with Crippen molar-refractivity contribution in [2.45, 2.75) is 41.5 Å². The first kappa shape index (κ1) is 11.1. The molecule has 0 unspecified atom stereocenters. The fourth-order valence-electron chi connectivity index (χ4n) is 2.26. The molecule has 0 saturated heterocycles. The van der Waals surface area contributed by atoms with E-state index < -0.39 is 0 Å². The van der Waals surface area contributed by atoms with Crippen molar-refractivity contribution in [3.05, 3.63) is 33.5 Å². The van der Waals surface area contributed by atoms with Crippen LogP contribution in [0.1, 0.15) is 33.5 Å². The summed E-state index contributed by atoms with van der Waals surface area (Å²) in [5.41, 5.74) is 8.65. The van der Waals surface area contributed by atoms with Crippen LogP contribution in [0.25, 0.3) is 10.9 Å². The molecule has 2 heteroatoms. The summed E-state index contributed by atoms with van der Waals surface area (Å²) in [5, 5.41) is 9.87. The van der Waals surface area contributed by atoms with E-state index >= 15 is 0 Å². The molecule has 0 spiro atoms. The molecule has 0 bridgehead atoms. The largest absolute Gasteiger partial charge is 0.155 e. The molecular weight excluding hydrogens is 196 g/mol. The fraction of sp³-hybridized carbons (Fsp3) is 0.429. The van der Waals surface area contributed by atoms with E-state index in [2.05, 4.69) is 44.8 Å². The third-order valence-electron chi connectivity index (χ3n) is 3.87. The monoisotopic (exact) mass is 214 g/mol. The van der Waals surface area contributed by atoms with E-state index in [0.717, 1.165) is 11.2 Å². The van der Waals surface area contributed by atoms with Gasteiger partial charge in [-0.15, -0.1) is 5.10 Å². The van der Waals surface area contributed by atoms with Crippen LogP contribution in [0.4, 0.5) is 0 Å². The number of aryl methyl sites for hydroxylation is 4. The van der Waals surface area contributed by atoms with Gasteiger partial charge in [0.2, 0.25) is 0 Å². The summed E-state index contributed by atoms with van der Waals surface area (Å²) in [6.07, 6.45) is 0. The highest BCUT2D eigenvalue weighted by Gasteiger charge is 2.13. The van der Waals surface area contributed by atoms with Gasteiger partial charge in [0.15, 0.2) is 0 Å². The number of hydrogen-bond acceptors (Lipinski definition) is 2. The maximum Gasteiger partial charge on any atom is 0.0967 e. The van der Waals surface area contributed by atoms with Crippen LogP contribution >= 0.6 is 0 Å². The van der Waals surface area contributed by atoms with E-state index in [9.17, 15) is 0 Å². The third-order valence-corrected chi connectivity index (χ3v) is 3.87. The van der Waals surface area contributed by atoms with Gasteiger partial charge in [-0.1, -0.05) is 0 Å². The Bertz CT molecular complexity index is 583. The first-order valence-corrected chi connectivity index (χ1v) is 5.65. The number of nitrogens with zero attached hydrogens (tertiary/aromatic N) is 2. The number of aromatic nitrogens is 2. The van der Waals surface area contributed by atoms with Crippen LogP contribution in [-0.2, 0) is 0 Å². The van der Waals surface area contributed by atoms with Gasteiger partial charge in [-0.2, -0.15) is 5.10 Å². The van der Waals surface area contributed by atoms with Gasteiger partial charge in [0.05, 0.1) is 11.2 Å². The molecule has 0 aliphatic heterocycles. The highest BCUT2D eigenvalue weighted by Crippen LogP contribution is 2.29. The Hall–Kier alpha value is -1.44. The zero-order chi connectivity index (χ0) is 12.0. The van der Waals surface area contributed by atoms with Crippen molar-refractivity contribution in [1.82, 2.24) is 10.2 Å². The first-order valence-electron chi connectivity index (χ1n) is 5.65. The van der Waals surface area contributed by atoms with Crippen molar-refractivity contribution < 1.29 is 0 Å². The van der Waals surface area contributed by atoms with Crippen LogP contribution in [0.5, 0.6) is 0 Å². The van der Waals surface area contributed by atoms with Gasteiger partial charge < -0.3 is 0 Å². The Labute approximate surface area is 96.7 Å². The van der Waals surface area contributed by atoms with E-state index in [4.69, 9.17) is 0 Å². The minimum absolute atomic E-state index is 1.03. The summed E-state index contributed by atoms with van der Waals surface area (Å²) in [6.45, 7) is 12.8. The summed E-state index contributed by atoms with van der Waals surface area (Å²) in [5.74, 6) is 0. The molecule has 16 heavy (non-hydrogen) atoms. The van der Waals surface area contributed by atoms with Gasteiger partial charge in [-0.05, 0) is 69.4 Å². The topological polar surface area (TPSA) is 25.8 Å². The van der Waals surface area contributed by atoms with Crippen molar-refractivity contribution in [2.75, 3.05) is 0 Å². The molecule has 0 radical (unpaired) electrons. The Balaban J connectivity index is 3.09. The van der Waals surface area contributed by atoms with Gasteiger partial charge in [0.25, 0.3) is 0 Å². The van der Waals surface area contributed by atoms with Crippen molar-refractivity contribution in [3.63, 3.8) is 0 Å². The molecule has 2 aromatic rings. The molecule has 0 fully saturated rings. The number of hydrogen-bond donors (Lipinski definition) is 0. The van der Waals surface area contributed by atoms with Crippen LogP contribution in [0.3, 0.4) is 0 Å². The predicted molar refractivity (Wildman–Crippen MR) is 68.0 cm³/mol. The predicted octanol–water partition coefficient (Wildman–Crippen LogP) is 3.48. The highest BCUT2D eigenvalue weighted by atomic mass is 15.1. The number of rotatable bonds is 0. The van der Waals surface area contributed by atoms with Gasteiger partial charge >= 0.3 is 0 Å². The summed E-state index contributed by atoms with van der Waals surface area (Å²) >= 11 is 0. The maximum atomic E-state index is 4.35. The molecule has 84 valence electrons. The van der Waals surface area contributed by atoms with Crippen molar-refractivity contribution in [1.29, 1.82) is 0 Å². The third kappa shape index (κ3) is 1.33. The van der Waals surface area contributed by atoms with Crippen LogP contribution in [0, 0.1) is 41.5 Å². The minimum Gasteiger partial charge on any atom is -0.155 e. The fourth-order valence-corrected chi connectivity index (χ4v) is 2.26. The molecule has 0 atom stereocenters. The average molecular weight is 214 g/mol. The second kappa shape index (κ2) is 3.55. The lowest BCUT2D eigenvalue weighted by atomic mass is 9.92. The van der Waals surface area contributed by atoms with Crippen LogP contribution in [-0.4, -0.2) is 10.2 Å². The molecule has 0 amide bonds. The van der Waals surface area contributed by atoms with E-state index in [-0.39, 0.29) is 0 Å². The molecule has 0 N–H and O–H groups in total. The van der Waals surface area contributed by atoms with Gasteiger partial charge in [-0.25, -0.2) is 0 Å². The lowest BCUT2D eigenvalue weighted by Crippen LogP contribution is -2.01. The van der Waals surface area contributed by atoms with E-state index in [0.29, 0.717) is 0 Å². The lowest BCUT2D eigenvalue weighted by Gasteiger charge is -2.15. The van der Waals surface area contributed by atoms with Crippen molar-refractivity contribution >= 4 is 10.9 Å². The molecule has 2 rings (SSSR count). The SMILES string of the molecule is Cc1nnc2c(C)c(C)c(C)c(C)c2c1C. The first-order chi connectivity index (χ1) is 7.45. The summed E-state index contributed by atoms with van der Waals surface area (Å²) in [7, 11) is 0. The Morgan fingerprint density at radius 3 is 1.75 bits per heavy atom. The zero-order valence-electron chi connectivity index (χ0n) is 10.9. The second-order valence-corrected chi connectivity index (χ2v) is 4.63. The van der Waals surface area contributed by atoms with Crippen LogP contribution < -0.4 is 0 Å². The van der Waals surface area contributed by atoms with E-state index in [1.807, 2.05) is 6.92 Å². The van der Waals surface area contributed by atoms with E-state index in [1.54, 1.807) is 0 Å². The smallest absolute Gasteiger partial charge is 0.0967 e. The standard InChI is InChI=1S/C14H18N2/c1-7-8(2)10(4)14-13(9(7)3)11(5)12(6)15-16-14/h1-6H3. The van der Waals surface area contributed by atoms with Crippen molar-refractivity contribution in [3.8, 4) is 0 Å². The quantitative estimate of drug-likeness (QED) is 0.671. The van der Waals surface area contributed by atoms with E-state index in [1.165, 1.54) is 33.2 Å². The Kier molecular flexibility index (Phi) is 2.45. The van der Waals surface area contributed by atoms with Gasteiger partial charge in [0, 0.05) is 5.39 Å². The molecule has 0 aliphatic carbocycles. The summed E-state index contributed by atoms with van der Waals surface area (Å²) in [4.78, 5) is 0. The Morgan fingerprint density at radius 2 is 1.12 bits per heavy atom. The molecule has 1 aromatic carbocycles. The number of fused-ring (bicyclic) bond motifs is 1. The Morgan fingerprint density at radius 1 is 0.562 bits per heavy atom. The zero-order valence-corrected chi connectivity index (χ0v) is 10.9. The molecule has 1 heterocycles. The molecular formula is C14H18N2. The van der Waals surface area contributed by atoms with Crippen LogP contribution in [0.2, 0.25) is 0 Å². The second-order valence-electron chi connectivity index (χ2n) is 4.63. The van der Waals surface area contributed by atoms with Crippen LogP contribution in [0.15, 0.2) is 0 Å². The molecule has 0 aliphatic rings. The molecule has 2 nitrogen and oxygen atoms in total. The minimum atomic E-state index is 1.03. The lowest BCUT2D eigenvalue weighted by molar-refractivity contribution is 0.991. The number of benzene rings is 1. The normalized spacial score (nSPS) is 11.1. The molecule has 0 saturated carbocycles. The van der Waals surface area contributed by atoms with Gasteiger partial charge in [0.1, 0.15) is 0 Å². The average Bonchev–Trinajstić information content (AvgIpc) is 2.27. The highest BCUT2D eigenvalue weighted by molar-refractivity contribution is 5.90. The summed E-state index contributed by atoms with van der Waals surface area (Å²) in [6, 6.07) is 0. The summed E-state index contributed by atoms with van der Waals surface area (Å²) < 4.78 is 0. The maximum absolute atomic E-state index is 4.35. The van der Waals surface area contributed by atoms with Crippen molar-refractivity contribution in [2.24, 2.45) is 0 Å².